The Morgan fingerprint density at radius 2 is 2.06 bits per heavy atom. The molecular formula is C13H11N3O2. The molecule has 18 heavy (non-hydrogen) atoms. The number of benzene rings is 1. The minimum atomic E-state index is -0.309. The van der Waals surface area contributed by atoms with Crippen molar-refractivity contribution in [3.05, 3.63) is 36.0 Å². The summed E-state index contributed by atoms with van der Waals surface area (Å²) in [6.07, 6.45) is 1.30. The molecular weight excluding hydrogens is 230 g/mol. The van der Waals surface area contributed by atoms with Crippen LogP contribution in [0.4, 0.5) is 0 Å². The lowest BCUT2D eigenvalue weighted by Crippen LogP contribution is -1.93. The molecule has 0 saturated carbocycles. The number of rotatable bonds is 3. The first-order valence-electron chi connectivity index (χ1n) is 5.44. The molecule has 0 amide bonds. The van der Waals surface area contributed by atoms with Gasteiger partial charge in [0.1, 0.15) is 17.4 Å². The lowest BCUT2D eigenvalue weighted by molar-refractivity contribution is 0.340. The van der Waals surface area contributed by atoms with Crippen molar-refractivity contribution in [1.29, 1.82) is 5.26 Å². The molecule has 5 nitrogen and oxygen atoms in total. The highest BCUT2D eigenvalue weighted by Gasteiger charge is 2.07. The molecule has 2 aromatic rings. The number of hydrogen-bond donors (Lipinski definition) is 1. The molecule has 0 spiro atoms. The van der Waals surface area contributed by atoms with Crippen molar-refractivity contribution in [3.8, 4) is 29.1 Å². The van der Waals surface area contributed by atoms with Crippen molar-refractivity contribution in [2.75, 3.05) is 6.61 Å². The van der Waals surface area contributed by atoms with Crippen molar-refractivity contribution in [2.45, 2.75) is 6.92 Å². The number of aromatic hydroxyl groups is 1. The SMILES string of the molecule is CCOc1ccc(-c2ncc(C#N)c(O)n2)cc1. The Morgan fingerprint density at radius 1 is 1.33 bits per heavy atom. The minimum absolute atomic E-state index is 0.0599. The number of ether oxygens (including phenoxy) is 1. The maximum atomic E-state index is 9.49. The third-order valence-electron chi connectivity index (χ3n) is 2.31. The van der Waals surface area contributed by atoms with Gasteiger partial charge in [-0.15, -0.1) is 0 Å². The standard InChI is InChI=1S/C13H11N3O2/c1-2-18-11-5-3-9(4-6-11)12-15-8-10(7-14)13(17)16-12/h3-6,8H,2H2,1H3,(H,15,16,17). The molecule has 1 heterocycles. The summed E-state index contributed by atoms with van der Waals surface area (Å²) in [5, 5.41) is 18.2. The van der Waals surface area contributed by atoms with Crippen LogP contribution >= 0.6 is 0 Å². The van der Waals surface area contributed by atoms with Gasteiger partial charge in [-0.2, -0.15) is 10.2 Å². The van der Waals surface area contributed by atoms with E-state index < -0.39 is 0 Å². The van der Waals surface area contributed by atoms with E-state index in [1.165, 1.54) is 6.20 Å². The van der Waals surface area contributed by atoms with Crippen LogP contribution in [-0.2, 0) is 0 Å². The van der Waals surface area contributed by atoms with E-state index in [-0.39, 0.29) is 11.4 Å². The second-order valence-electron chi connectivity index (χ2n) is 3.50. The molecule has 90 valence electrons. The first-order chi connectivity index (χ1) is 8.74. The van der Waals surface area contributed by atoms with Gasteiger partial charge >= 0.3 is 0 Å². The Bertz CT molecular complexity index is 588. The van der Waals surface area contributed by atoms with Gasteiger partial charge < -0.3 is 9.84 Å². The zero-order valence-corrected chi connectivity index (χ0v) is 9.79. The van der Waals surface area contributed by atoms with Crippen LogP contribution in [0.25, 0.3) is 11.4 Å². The zero-order valence-electron chi connectivity index (χ0n) is 9.79. The van der Waals surface area contributed by atoms with Crippen LogP contribution in [0.1, 0.15) is 12.5 Å². The van der Waals surface area contributed by atoms with Gasteiger partial charge in [0.25, 0.3) is 0 Å². The fourth-order valence-corrected chi connectivity index (χ4v) is 1.46. The monoisotopic (exact) mass is 241 g/mol. The van der Waals surface area contributed by atoms with Crippen LogP contribution in [0.5, 0.6) is 11.6 Å². The molecule has 0 aliphatic heterocycles. The van der Waals surface area contributed by atoms with Gasteiger partial charge in [0, 0.05) is 5.56 Å². The van der Waals surface area contributed by atoms with E-state index in [4.69, 9.17) is 10.00 Å². The Kier molecular flexibility index (Phi) is 3.39. The summed E-state index contributed by atoms with van der Waals surface area (Å²) >= 11 is 0. The van der Waals surface area contributed by atoms with Gasteiger partial charge in [0.15, 0.2) is 5.82 Å². The molecule has 1 N–H and O–H groups in total. The second kappa shape index (κ2) is 5.15. The van der Waals surface area contributed by atoms with E-state index in [0.717, 1.165) is 11.3 Å². The number of hydrogen-bond acceptors (Lipinski definition) is 5. The molecule has 1 aromatic carbocycles. The number of nitriles is 1. The summed E-state index contributed by atoms with van der Waals surface area (Å²) in [4.78, 5) is 7.89. The normalized spacial score (nSPS) is 9.78. The fraction of sp³-hybridized carbons (Fsp3) is 0.154. The third kappa shape index (κ3) is 2.38. The highest BCUT2D eigenvalue weighted by atomic mass is 16.5. The Hall–Kier alpha value is -2.61. The molecule has 0 bridgehead atoms. The summed E-state index contributed by atoms with van der Waals surface area (Å²) < 4.78 is 5.32. The van der Waals surface area contributed by atoms with Gasteiger partial charge in [-0.1, -0.05) is 0 Å². The van der Waals surface area contributed by atoms with Gasteiger partial charge in [-0.25, -0.2) is 4.98 Å². The molecule has 5 heteroatoms. The quantitative estimate of drug-likeness (QED) is 0.890. The van der Waals surface area contributed by atoms with Crippen LogP contribution in [0.3, 0.4) is 0 Å². The molecule has 0 fully saturated rings. The van der Waals surface area contributed by atoms with Gasteiger partial charge in [0.2, 0.25) is 5.88 Å². The maximum Gasteiger partial charge on any atom is 0.232 e. The summed E-state index contributed by atoms with van der Waals surface area (Å²) in [5.41, 5.74) is 0.808. The first-order valence-corrected chi connectivity index (χ1v) is 5.44. The average Bonchev–Trinajstić information content (AvgIpc) is 2.40. The number of nitrogens with zero attached hydrogens (tertiary/aromatic N) is 3. The van der Waals surface area contributed by atoms with E-state index >= 15 is 0 Å². The second-order valence-corrected chi connectivity index (χ2v) is 3.50. The molecule has 0 unspecified atom stereocenters. The highest BCUT2D eigenvalue weighted by molar-refractivity contribution is 5.57. The Labute approximate surface area is 104 Å². The first kappa shape index (κ1) is 11.9. The fourth-order valence-electron chi connectivity index (χ4n) is 1.46. The van der Waals surface area contributed by atoms with E-state index in [1.54, 1.807) is 30.3 Å². The smallest absolute Gasteiger partial charge is 0.232 e. The molecule has 0 saturated heterocycles. The van der Waals surface area contributed by atoms with Crippen molar-refractivity contribution in [3.63, 3.8) is 0 Å². The van der Waals surface area contributed by atoms with E-state index in [9.17, 15) is 5.11 Å². The predicted molar refractivity (Wildman–Crippen MR) is 65.0 cm³/mol. The Balaban J connectivity index is 2.31. The van der Waals surface area contributed by atoms with Crippen molar-refractivity contribution >= 4 is 0 Å². The average molecular weight is 241 g/mol. The minimum Gasteiger partial charge on any atom is -0.494 e. The van der Waals surface area contributed by atoms with Crippen molar-refractivity contribution in [1.82, 2.24) is 9.97 Å². The van der Waals surface area contributed by atoms with E-state index in [2.05, 4.69) is 9.97 Å². The van der Waals surface area contributed by atoms with Crippen molar-refractivity contribution < 1.29 is 9.84 Å². The maximum absolute atomic E-state index is 9.49. The molecule has 0 radical (unpaired) electrons. The van der Waals surface area contributed by atoms with Gasteiger partial charge in [-0.3, -0.25) is 0 Å². The molecule has 0 aliphatic rings. The van der Waals surface area contributed by atoms with Gasteiger partial charge in [-0.05, 0) is 31.2 Å². The summed E-state index contributed by atoms with van der Waals surface area (Å²) in [6.45, 7) is 2.52. The molecule has 0 atom stereocenters. The zero-order chi connectivity index (χ0) is 13.0. The Morgan fingerprint density at radius 3 is 2.61 bits per heavy atom. The third-order valence-corrected chi connectivity index (χ3v) is 2.31. The highest BCUT2D eigenvalue weighted by Crippen LogP contribution is 2.21. The molecule has 1 aromatic heterocycles. The lowest BCUT2D eigenvalue weighted by Gasteiger charge is -2.04. The van der Waals surface area contributed by atoms with Crippen LogP contribution in [-0.4, -0.2) is 21.7 Å². The van der Waals surface area contributed by atoms with Crippen LogP contribution in [0.2, 0.25) is 0 Å². The summed E-state index contributed by atoms with van der Waals surface area (Å²) in [5.74, 6) is 0.824. The van der Waals surface area contributed by atoms with E-state index in [1.807, 2.05) is 6.92 Å². The predicted octanol–water partition coefficient (Wildman–Crippen LogP) is 2.12. The van der Waals surface area contributed by atoms with Crippen LogP contribution in [0, 0.1) is 11.3 Å². The number of aromatic nitrogens is 2. The van der Waals surface area contributed by atoms with Crippen LogP contribution in [0.15, 0.2) is 30.5 Å². The summed E-state index contributed by atoms with van der Waals surface area (Å²) in [7, 11) is 0. The topological polar surface area (TPSA) is 79.0 Å². The van der Waals surface area contributed by atoms with Crippen molar-refractivity contribution in [2.24, 2.45) is 0 Å². The van der Waals surface area contributed by atoms with Gasteiger partial charge in [0.05, 0.1) is 12.8 Å². The molecule has 2 rings (SSSR count). The van der Waals surface area contributed by atoms with Crippen LogP contribution < -0.4 is 4.74 Å². The van der Waals surface area contributed by atoms with E-state index in [0.29, 0.717) is 12.4 Å². The summed E-state index contributed by atoms with van der Waals surface area (Å²) in [6, 6.07) is 9.01. The largest absolute Gasteiger partial charge is 0.494 e. The molecule has 0 aliphatic carbocycles. The lowest BCUT2D eigenvalue weighted by atomic mass is 10.2.